The Morgan fingerprint density at radius 3 is 2.77 bits per heavy atom. The molecule has 26 heavy (non-hydrogen) atoms. The van der Waals surface area contributed by atoms with E-state index in [1.54, 1.807) is 12.3 Å². The smallest absolute Gasteiger partial charge is 0.292 e. The van der Waals surface area contributed by atoms with Crippen molar-refractivity contribution in [1.29, 1.82) is 0 Å². The molecule has 7 nitrogen and oxygen atoms in total. The van der Waals surface area contributed by atoms with Crippen LogP contribution >= 0.6 is 0 Å². The monoisotopic (exact) mass is 351 g/mol. The van der Waals surface area contributed by atoms with E-state index in [9.17, 15) is 4.79 Å². The van der Waals surface area contributed by atoms with Crippen LogP contribution in [0.1, 0.15) is 46.5 Å². The van der Waals surface area contributed by atoms with Crippen molar-refractivity contribution in [3.8, 4) is 0 Å². The minimum atomic E-state index is -0.0825. The predicted molar refractivity (Wildman–Crippen MR) is 94.7 cm³/mol. The maximum Gasteiger partial charge on any atom is 0.292 e. The lowest BCUT2D eigenvalue weighted by Crippen LogP contribution is -2.38. The molecular weight excluding hydrogens is 330 g/mol. The standard InChI is InChI=1S/C19H21N5O2/c1-14-12-17(26-22-14)19(25)23-9-5-15(6-10-23)18-21-8-11-24(18)13-16-4-2-3-7-20-16/h2-4,7-8,11-12,15H,5-6,9-10,13H2,1H3. The van der Waals surface area contributed by atoms with Crippen LogP contribution in [0.5, 0.6) is 0 Å². The summed E-state index contributed by atoms with van der Waals surface area (Å²) in [6.07, 6.45) is 7.42. The van der Waals surface area contributed by atoms with Gasteiger partial charge in [-0.2, -0.15) is 0 Å². The number of hydrogen-bond acceptors (Lipinski definition) is 5. The number of pyridine rings is 1. The van der Waals surface area contributed by atoms with E-state index in [-0.39, 0.29) is 5.91 Å². The number of nitrogens with zero attached hydrogens (tertiary/aromatic N) is 5. The number of imidazole rings is 1. The van der Waals surface area contributed by atoms with Crippen molar-refractivity contribution in [3.05, 3.63) is 65.8 Å². The number of piperidine rings is 1. The number of aromatic nitrogens is 4. The minimum absolute atomic E-state index is 0.0825. The van der Waals surface area contributed by atoms with Crippen molar-refractivity contribution in [2.24, 2.45) is 0 Å². The molecule has 1 aliphatic heterocycles. The Morgan fingerprint density at radius 2 is 2.08 bits per heavy atom. The van der Waals surface area contributed by atoms with Crippen molar-refractivity contribution in [1.82, 2.24) is 24.6 Å². The highest BCUT2D eigenvalue weighted by Crippen LogP contribution is 2.28. The van der Waals surface area contributed by atoms with Crippen LogP contribution in [0.4, 0.5) is 0 Å². The number of carbonyl (C=O) groups excluding carboxylic acids is 1. The summed E-state index contributed by atoms with van der Waals surface area (Å²) in [7, 11) is 0. The van der Waals surface area contributed by atoms with Crippen LogP contribution in [0.15, 0.2) is 47.4 Å². The summed E-state index contributed by atoms with van der Waals surface area (Å²) in [6.45, 7) is 3.92. The molecule has 4 rings (SSSR count). The van der Waals surface area contributed by atoms with Gasteiger partial charge in [0.1, 0.15) is 5.82 Å². The Morgan fingerprint density at radius 1 is 1.23 bits per heavy atom. The molecule has 0 saturated carbocycles. The van der Waals surface area contributed by atoms with Crippen molar-refractivity contribution < 1.29 is 9.32 Å². The fraction of sp³-hybridized carbons (Fsp3) is 0.368. The van der Waals surface area contributed by atoms with Gasteiger partial charge in [0, 0.05) is 43.7 Å². The second-order valence-electron chi connectivity index (χ2n) is 6.63. The van der Waals surface area contributed by atoms with Crippen molar-refractivity contribution in [3.63, 3.8) is 0 Å². The molecule has 0 unspecified atom stereocenters. The summed E-state index contributed by atoms with van der Waals surface area (Å²) >= 11 is 0. The molecule has 134 valence electrons. The normalized spacial score (nSPS) is 15.3. The zero-order chi connectivity index (χ0) is 17.9. The third-order valence-electron chi connectivity index (χ3n) is 4.79. The van der Waals surface area contributed by atoms with Gasteiger partial charge in [-0.15, -0.1) is 0 Å². The van der Waals surface area contributed by atoms with Gasteiger partial charge in [0.25, 0.3) is 5.91 Å². The molecule has 0 aliphatic carbocycles. The lowest BCUT2D eigenvalue weighted by molar-refractivity contribution is 0.0668. The first-order chi connectivity index (χ1) is 12.7. The topological polar surface area (TPSA) is 77.0 Å². The quantitative estimate of drug-likeness (QED) is 0.722. The molecule has 1 fully saturated rings. The molecule has 0 atom stereocenters. The van der Waals surface area contributed by atoms with E-state index in [1.807, 2.05) is 42.4 Å². The zero-order valence-electron chi connectivity index (χ0n) is 14.7. The molecule has 3 aromatic rings. The van der Waals surface area contributed by atoms with Crippen LogP contribution in [0.2, 0.25) is 0 Å². The largest absolute Gasteiger partial charge is 0.351 e. The van der Waals surface area contributed by atoms with Crippen LogP contribution < -0.4 is 0 Å². The Hall–Kier alpha value is -2.96. The van der Waals surface area contributed by atoms with Gasteiger partial charge in [-0.3, -0.25) is 9.78 Å². The highest BCUT2D eigenvalue weighted by atomic mass is 16.5. The first-order valence-electron chi connectivity index (χ1n) is 8.84. The summed E-state index contributed by atoms with van der Waals surface area (Å²) in [6, 6.07) is 7.62. The van der Waals surface area contributed by atoms with E-state index in [4.69, 9.17) is 4.52 Å². The van der Waals surface area contributed by atoms with Crippen LogP contribution in [-0.4, -0.2) is 43.6 Å². The Kier molecular flexibility index (Phi) is 4.51. The van der Waals surface area contributed by atoms with Gasteiger partial charge in [0.15, 0.2) is 0 Å². The average Bonchev–Trinajstić information content (AvgIpc) is 3.31. The van der Waals surface area contributed by atoms with Crippen molar-refractivity contribution in [2.75, 3.05) is 13.1 Å². The van der Waals surface area contributed by atoms with Gasteiger partial charge in [0.2, 0.25) is 5.76 Å². The highest BCUT2D eigenvalue weighted by molar-refractivity contribution is 5.91. The second kappa shape index (κ2) is 7.11. The first-order valence-corrected chi connectivity index (χ1v) is 8.84. The fourth-order valence-electron chi connectivity index (χ4n) is 3.44. The predicted octanol–water partition coefficient (Wildman–Crippen LogP) is 2.64. The Labute approximate surface area is 151 Å². The van der Waals surface area contributed by atoms with E-state index < -0.39 is 0 Å². The number of likely N-dealkylation sites (tertiary alicyclic amines) is 1. The molecule has 4 heterocycles. The van der Waals surface area contributed by atoms with E-state index in [0.717, 1.165) is 30.1 Å². The van der Waals surface area contributed by atoms with Gasteiger partial charge in [-0.1, -0.05) is 11.2 Å². The zero-order valence-corrected chi connectivity index (χ0v) is 14.7. The third-order valence-corrected chi connectivity index (χ3v) is 4.79. The van der Waals surface area contributed by atoms with Gasteiger partial charge in [-0.05, 0) is 31.9 Å². The number of aryl methyl sites for hydroxylation is 1. The SMILES string of the molecule is Cc1cc(C(=O)N2CCC(c3nccn3Cc3ccccn3)CC2)on1. The van der Waals surface area contributed by atoms with E-state index in [0.29, 0.717) is 31.3 Å². The van der Waals surface area contributed by atoms with E-state index >= 15 is 0 Å². The van der Waals surface area contributed by atoms with Gasteiger partial charge >= 0.3 is 0 Å². The first kappa shape index (κ1) is 16.5. The van der Waals surface area contributed by atoms with Gasteiger partial charge < -0.3 is 14.0 Å². The molecule has 1 saturated heterocycles. The number of hydrogen-bond donors (Lipinski definition) is 0. The summed E-state index contributed by atoms with van der Waals surface area (Å²) in [5.74, 6) is 1.64. The Bertz CT molecular complexity index is 878. The summed E-state index contributed by atoms with van der Waals surface area (Å²) in [5.41, 5.74) is 1.74. The highest BCUT2D eigenvalue weighted by Gasteiger charge is 2.28. The van der Waals surface area contributed by atoms with Gasteiger partial charge in [-0.25, -0.2) is 4.98 Å². The minimum Gasteiger partial charge on any atom is -0.351 e. The molecule has 0 N–H and O–H groups in total. The molecule has 0 bridgehead atoms. The lowest BCUT2D eigenvalue weighted by Gasteiger charge is -2.31. The van der Waals surface area contributed by atoms with Crippen LogP contribution in [0.3, 0.4) is 0 Å². The Balaban J connectivity index is 1.41. The summed E-state index contributed by atoms with van der Waals surface area (Å²) in [5, 5.41) is 3.80. The number of rotatable bonds is 4. The third kappa shape index (κ3) is 3.37. The number of amides is 1. The van der Waals surface area contributed by atoms with Crippen LogP contribution in [0, 0.1) is 6.92 Å². The summed E-state index contributed by atoms with van der Waals surface area (Å²) < 4.78 is 7.26. The van der Waals surface area contributed by atoms with Crippen molar-refractivity contribution >= 4 is 5.91 Å². The van der Waals surface area contributed by atoms with Gasteiger partial charge in [0.05, 0.1) is 17.9 Å². The molecule has 0 spiro atoms. The molecule has 1 aliphatic rings. The molecular formula is C19H21N5O2. The molecule has 7 heteroatoms. The molecule has 1 amide bonds. The maximum atomic E-state index is 12.5. The molecule has 0 aromatic carbocycles. The van der Waals surface area contributed by atoms with Crippen LogP contribution in [-0.2, 0) is 6.54 Å². The summed E-state index contributed by atoms with van der Waals surface area (Å²) in [4.78, 5) is 23.3. The van der Waals surface area contributed by atoms with E-state index in [2.05, 4.69) is 19.7 Å². The second-order valence-corrected chi connectivity index (χ2v) is 6.63. The lowest BCUT2D eigenvalue weighted by atomic mass is 9.95. The molecule has 3 aromatic heterocycles. The van der Waals surface area contributed by atoms with E-state index in [1.165, 1.54) is 0 Å². The molecule has 0 radical (unpaired) electrons. The average molecular weight is 351 g/mol. The maximum absolute atomic E-state index is 12.5. The van der Waals surface area contributed by atoms with Crippen LogP contribution in [0.25, 0.3) is 0 Å². The number of carbonyl (C=O) groups is 1. The fourth-order valence-corrected chi connectivity index (χ4v) is 3.44. The van der Waals surface area contributed by atoms with Crippen molar-refractivity contribution in [2.45, 2.75) is 32.2 Å².